The lowest BCUT2D eigenvalue weighted by Gasteiger charge is -2.22. The molecule has 2 N–H and O–H groups in total. The quantitative estimate of drug-likeness (QED) is 0.887. The highest BCUT2D eigenvalue weighted by Crippen LogP contribution is 2.22. The number of hydrogen-bond acceptors (Lipinski definition) is 3. The Balaban J connectivity index is 1.84. The second kappa shape index (κ2) is 6.89. The minimum absolute atomic E-state index is 0.0641. The first-order valence-corrected chi connectivity index (χ1v) is 6.84. The number of aliphatic hydroxyl groups is 1. The van der Waals surface area contributed by atoms with E-state index in [9.17, 15) is 9.90 Å². The van der Waals surface area contributed by atoms with Gasteiger partial charge in [0.2, 0.25) is 5.91 Å². The van der Waals surface area contributed by atoms with Crippen molar-refractivity contribution < 1.29 is 14.6 Å². The van der Waals surface area contributed by atoms with Gasteiger partial charge in [-0.05, 0) is 18.9 Å². The number of hydrogen-bond donors (Lipinski definition) is 2. The zero-order chi connectivity index (χ0) is 13.7. The van der Waals surface area contributed by atoms with Crippen molar-refractivity contribution in [2.45, 2.75) is 18.9 Å². The van der Waals surface area contributed by atoms with E-state index in [0.717, 1.165) is 19.4 Å². The molecule has 1 aliphatic heterocycles. The maximum Gasteiger partial charge on any atom is 0.225 e. The van der Waals surface area contributed by atoms with Crippen molar-refractivity contribution in [2.75, 3.05) is 19.8 Å². The maximum atomic E-state index is 11.9. The highest BCUT2D eigenvalue weighted by atomic mass is 35.5. The molecule has 1 fully saturated rings. The minimum atomic E-state index is -0.790. The third kappa shape index (κ3) is 3.93. The number of aliphatic hydroxyl groups excluding tert-OH is 1. The molecular weight excluding hydrogens is 266 g/mol. The van der Waals surface area contributed by atoms with Crippen LogP contribution in [0.15, 0.2) is 24.3 Å². The van der Waals surface area contributed by atoms with E-state index in [-0.39, 0.29) is 18.4 Å². The Labute approximate surface area is 117 Å². The summed E-state index contributed by atoms with van der Waals surface area (Å²) in [6, 6.07) is 7.08. The van der Waals surface area contributed by atoms with Gasteiger partial charge in [0.15, 0.2) is 0 Å². The van der Waals surface area contributed by atoms with Crippen LogP contribution in [0.4, 0.5) is 0 Å². The zero-order valence-electron chi connectivity index (χ0n) is 10.6. The molecule has 1 saturated heterocycles. The predicted octanol–water partition coefficient (Wildman–Crippen LogP) is 1.92. The first-order chi connectivity index (χ1) is 9.18. The number of halogens is 1. The van der Waals surface area contributed by atoms with E-state index in [0.29, 0.717) is 17.2 Å². The van der Waals surface area contributed by atoms with Gasteiger partial charge in [-0.3, -0.25) is 4.79 Å². The van der Waals surface area contributed by atoms with E-state index >= 15 is 0 Å². The van der Waals surface area contributed by atoms with Gasteiger partial charge >= 0.3 is 0 Å². The van der Waals surface area contributed by atoms with Crippen LogP contribution in [0.5, 0.6) is 0 Å². The molecule has 5 heteroatoms. The number of carbonyl (C=O) groups is 1. The molecule has 19 heavy (non-hydrogen) atoms. The van der Waals surface area contributed by atoms with Crippen molar-refractivity contribution >= 4 is 17.5 Å². The van der Waals surface area contributed by atoms with Crippen LogP contribution in [0.3, 0.4) is 0 Å². The molecule has 1 aromatic rings. The molecule has 2 unspecified atom stereocenters. The number of rotatable bonds is 4. The Hall–Kier alpha value is -1.10. The maximum absolute atomic E-state index is 11.9. The largest absolute Gasteiger partial charge is 0.387 e. The van der Waals surface area contributed by atoms with E-state index < -0.39 is 6.10 Å². The molecule has 4 nitrogen and oxygen atoms in total. The Morgan fingerprint density at radius 3 is 3.00 bits per heavy atom. The molecule has 1 aliphatic rings. The van der Waals surface area contributed by atoms with Crippen LogP contribution in [-0.2, 0) is 9.53 Å². The summed E-state index contributed by atoms with van der Waals surface area (Å²) in [6.45, 7) is 1.36. The first kappa shape index (κ1) is 14.3. The Bertz CT molecular complexity index is 432. The standard InChI is InChI=1S/C14H18ClNO3/c15-12-6-2-1-5-11(12)13(17)8-16-14(18)10-4-3-7-19-9-10/h1-2,5-6,10,13,17H,3-4,7-9H2,(H,16,18). The minimum Gasteiger partial charge on any atom is -0.387 e. The second-order valence-electron chi connectivity index (χ2n) is 4.70. The third-order valence-corrected chi connectivity index (χ3v) is 3.61. The average Bonchev–Trinajstić information content (AvgIpc) is 2.46. The number of benzene rings is 1. The van der Waals surface area contributed by atoms with Gasteiger partial charge in [-0.1, -0.05) is 29.8 Å². The van der Waals surface area contributed by atoms with Gasteiger partial charge in [0, 0.05) is 23.7 Å². The highest BCUT2D eigenvalue weighted by molar-refractivity contribution is 6.31. The van der Waals surface area contributed by atoms with Gasteiger partial charge in [0.25, 0.3) is 0 Å². The lowest BCUT2D eigenvalue weighted by atomic mass is 10.0. The van der Waals surface area contributed by atoms with E-state index in [4.69, 9.17) is 16.3 Å². The summed E-state index contributed by atoms with van der Waals surface area (Å²) in [5.74, 6) is -0.169. The van der Waals surface area contributed by atoms with Gasteiger partial charge in [-0.2, -0.15) is 0 Å². The molecule has 104 valence electrons. The molecule has 2 rings (SSSR count). The average molecular weight is 284 g/mol. The van der Waals surface area contributed by atoms with Crippen LogP contribution in [0, 0.1) is 5.92 Å². The smallest absolute Gasteiger partial charge is 0.225 e. The van der Waals surface area contributed by atoms with Crippen molar-refractivity contribution in [3.05, 3.63) is 34.9 Å². The molecule has 0 spiro atoms. The molecule has 1 aromatic carbocycles. The summed E-state index contributed by atoms with van der Waals surface area (Å²) in [4.78, 5) is 11.9. The molecule has 1 heterocycles. The molecule has 0 aliphatic carbocycles. The summed E-state index contributed by atoms with van der Waals surface area (Å²) < 4.78 is 5.27. The Kier molecular flexibility index (Phi) is 5.19. The molecule has 2 atom stereocenters. The van der Waals surface area contributed by atoms with Crippen molar-refractivity contribution in [2.24, 2.45) is 5.92 Å². The summed E-state index contributed by atoms with van der Waals surface area (Å²) in [7, 11) is 0. The van der Waals surface area contributed by atoms with Crippen molar-refractivity contribution in [1.82, 2.24) is 5.32 Å². The summed E-state index contributed by atoms with van der Waals surface area (Å²) in [5, 5.41) is 13.3. The van der Waals surface area contributed by atoms with Gasteiger partial charge in [0.05, 0.1) is 18.6 Å². The second-order valence-corrected chi connectivity index (χ2v) is 5.10. The fourth-order valence-electron chi connectivity index (χ4n) is 2.14. The first-order valence-electron chi connectivity index (χ1n) is 6.46. The van der Waals surface area contributed by atoms with Gasteiger partial charge in [-0.25, -0.2) is 0 Å². The van der Waals surface area contributed by atoms with Gasteiger partial charge in [-0.15, -0.1) is 0 Å². The summed E-state index contributed by atoms with van der Waals surface area (Å²) in [5.41, 5.74) is 0.629. The fourth-order valence-corrected chi connectivity index (χ4v) is 2.41. The molecule has 0 saturated carbocycles. The summed E-state index contributed by atoms with van der Waals surface area (Å²) in [6.07, 6.45) is 0.960. The predicted molar refractivity (Wildman–Crippen MR) is 73.0 cm³/mol. The van der Waals surface area contributed by atoms with Crippen LogP contribution >= 0.6 is 11.6 Å². The number of amides is 1. The lowest BCUT2D eigenvalue weighted by Crippen LogP contribution is -2.37. The van der Waals surface area contributed by atoms with Crippen molar-refractivity contribution in [3.8, 4) is 0 Å². The van der Waals surface area contributed by atoms with E-state index in [1.54, 1.807) is 24.3 Å². The third-order valence-electron chi connectivity index (χ3n) is 3.26. The van der Waals surface area contributed by atoms with Gasteiger partial charge < -0.3 is 15.2 Å². The van der Waals surface area contributed by atoms with Crippen LogP contribution < -0.4 is 5.32 Å². The molecule has 0 bridgehead atoms. The van der Waals surface area contributed by atoms with Crippen molar-refractivity contribution in [3.63, 3.8) is 0 Å². The normalized spacial score (nSPS) is 20.8. The molecular formula is C14H18ClNO3. The fraction of sp³-hybridized carbons (Fsp3) is 0.500. The molecule has 0 aromatic heterocycles. The van der Waals surface area contributed by atoms with Crippen LogP contribution in [0.25, 0.3) is 0 Å². The number of ether oxygens (including phenoxy) is 1. The van der Waals surface area contributed by atoms with E-state index in [1.165, 1.54) is 0 Å². The molecule has 0 radical (unpaired) electrons. The number of carbonyl (C=O) groups excluding carboxylic acids is 1. The lowest BCUT2D eigenvalue weighted by molar-refractivity contribution is -0.129. The van der Waals surface area contributed by atoms with Crippen LogP contribution in [-0.4, -0.2) is 30.8 Å². The van der Waals surface area contributed by atoms with Crippen molar-refractivity contribution in [1.29, 1.82) is 0 Å². The monoisotopic (exact) mass is 283 g/mol. The Morgan fingerprint density at radius 2 is 2.32 bits per heavy atom. The zero-order valence-corrected chi connectivity index (χ0v) is 11.4. The van der Waals surface area contributed by atoms with E-state index in [1.807, 2.05) is 0 Å². The SMILES string of the molecule is O=C(NCC(O)c1ccccc1Cl)C1CCCOC1. The van der Waals surface area contributed by atoms with Gasteiger partial charge in [0.1, 0.15) is 0 Å². The van der Waals surface area contributed by atoms with E-state index in [2.05, 4.69) is 5.32 Å². The van der Waals surface area contributed by atoms with Crippen LogP contribution in [0.2, 0.25) is 5.02 Å². The number of nitrogens with one attached hydrogen (secondary N) is 1. The Morgan fingerprint density at radius 1 is 1.53 bits per heavy atom. The summed E-state index contributed by atoms with van der Waals surface area (Å²) >= 11 is 5.99. The highest BCUT2D eigenvalue weighted by Gasteiger charge is 2.22. The topological polar surface area (TPSA) is 58.6 Å². The molecule has 1 amide bonds. The van der Waals surface area contributed by atoms with Crippen LogP contribution in [0.1, 0.15) is 24.5 Å².